The van der Waals surface area contributed by atoms with E-state index in [1.807, 2.05) is 25.1 Å². The first-order valence-corrected chi connectivity index (χ1v) is 6.40. The van der Waals surface area contributed by atoms with Crippen molar-refractivity contribution in [2.24, 2.45) is 0 Å². The molecule has 0 aliphatic carbocycles. The quantitative estimate of drug-likeness (QED) is 0.808. The van der Waals surface area contributed by atoms with E-state index in [4.69, 9.17) is 16.3 Å². The number of aryl methyl sites for hydroxylation is 1. The number of ether oxygens (including phenoxy) is 1. The average molecular weight is 256 g/mol. The van der Waals surface area contributed by atoms with Crippen LogP contribution in [0.15, 0.2) is 18.2 Å². The molecule has 17 heavy (non-hydrogen) atoms. The minimum Gasteiger partial charge on any atom is -0.493 e. The Bertz CT molecular complexity index is 358. The van der Waals surface area contributed by atoms with E-state index < -0.39 is 0 Å². The van der Waals surface area contributed by atoms with Gasteiger partial charge in [0.1, 0.15) is 5.75 Å². The topological polar surface area (TPSA) is 21.3 Å². The monoisotopic (exact) mass is 255 g/mol. The van der Waals surface area contributed by atoms with Crippen molar-refractivity contribution >= 4 is 11.6 Å². The molecule has 1 rings (SSSR count). The van der Waals surface area contributed by atoms with Crippen LogP contribution in [0.25, 0.3) is 0 Å². The number of hydrogen-bond acceptors (Lipinski definition) is 2. The molecule has 0 bridgehead atoms. The van der Waals surface area contributed by atoms with Gasteiger partial charge in [-0.3, -0.25) is 0 Å². The Hall–Kier alpha value is -0.730. The Morgan fingerprint density at radius 2 is 2.00 bits per heavy atom. The van der Waals surface area contributed by atoms with Crippen LogP contribution in [0.1, 0.15) is 32.8 Å². The van der Waals surface area contributed by atoms with Crippen molar-refractivity contribution in [3.63, 3.8) is 0 Å². The van der Waals surface area contributed by atoms with Crippen LogP contribution >= 0.6 is 11.6 Å². The van der Waals surface area contributed by atoms with Crippen LogP contribution in [0.2, 0.25) is 5.02 Å². The molecule has 0 spiro atoms. The minimum absolute atomic E-state index is 0.177. The van der Waals surface area contributed by atoms with Gasteiger partial charge in [-0.1, -0.05) is 11.6 Å². The van der Waals surface area contributed by atoms with E-state index in [2.05, 4.69) is 26.1 Å². The number of halogens is 1. The minimum atomic E-state index is 0.177. The van der Waals surface area contributed by atoms with E-state index >= 15 is 0 Å². The van der Waals surface area contributed by atoms with Gasteiger partial charge in [0.05, 0.1) is 6.61 Å². The zero-order valence-corrected chi connectivity index (χ0v) is 11.9. The molecule has 0 fully saturated rings. The van der Waals surface area contributed by atoms with Crippen molar-refractivity contribution in [3.05, 3.63) is 28.8 Å². The summed E-state index contributed by atoms with van der Waals surface area (Å²) in [5.74, 6) is 0.921. The van der Waals surface area contributed by atoms with Crippen molar-refractivity contribution in [3.8, 4) is 5.75 Å². The fraction of sp³-hybridized carbons (Fsp3) is 0.571. The molecular formula is C14H22ClNO. The summed E-state index contributed by atoms with van der Waals surface area (Å²) in [6, 6.07) is 5.70. The third kappa shape index (κ3) is 5.94. The molecule has 0 amide bonds. The highest BCUT2D eigenvalue weighted by Crippen LogP contribution is 2.21. The summed E-state index contributed by atoms with van der Waals surface area (Å²) in [7, 11) is 0. The van der Waals surface area contributed by atoms with E-state index in [1.165, 1.54) is 0 Å². The first-order chi connectivity index (χ1) is 7.88. The Balaban J connectivity index is 2.27. The Morgan fingerprint density at radius 3 is 2.59 bits per heavy atom. The van der Waals surface area contributed by atoms with Crippen molar-refractivity contribution in [2.75, 3.05) is 13.2 Å². The highest BCUT2D eigenvalue weighted by Gasteiger charge is 2.07. The van der Waals surface area contributed by atoms with Crippen molar-refractivity contribution < 1.29 is 4.74 Å². The van der Waals surface area contributed by atoms with Crippen LogP contribution < -0.4 is 10.1 Å². The predicted octanol–water partition coefficient (Wildman–Crippen LogP) is 3.81. The predicted molar refractivity (Wildman–Crippen MR) is 74.1 cm³/mol. The maximum absolute atomic E-state index is 5.89. The number of rotatable bonds is 5. The summed E-state index contributed by atoms with van der Waals surface area (Å²) in [4.78, 5) is 0. The zero-order valence-electron chi connectivity index (χ0n) is 11.1. The maximum Gasteiger partial charge on any atom is 0.122 e. The van der Waals surface area contributed by atoms with Gasteiger partial charge in [-0.15, -0.1) is 0 Å². The molecule has 0 atom stereocenters. The highest BCUT2D eigenvalue weighted by atomic mass is 35.5. The second kappa shape index (κ2) is 6.27. The standard InChI is InChI=1S/C14H22ClNO/c1-11-10-12(15)6-7-13(11)17-9-5-8-16-14(2,3)4/h6-7,10,16H,5,8-9H2,1-4H3. The van der Waals surface area contributed by atoms with E-state index in [0.717, 1.165) is 35.9 Å². The van der Waals surface area contributed by atoms with Crippen molar-refractivity contribution in [1.82, 2.24) is 5.32 Å². The summed E-state index contributed by atoms with van der Waals surface area (Å²) >= 11 is 5.89. The number of hydrogen-bond donors (Lipinski definition) is 1. The molecule has 1 N–H and O–H groups in total. The van der Waals surface area contributed by atoms with Gasteiger partial charge in [0.25, 0.3) is 0 Å². The third-order valence-electron chi connectivity index (χ3n) is 2.37. The van der Waals surface area contributed by atoms with Crippen LogP contribution in [-0.2, 0) is 0 Å². The molecule has 2 nitrogen and oxygen atoms in total. The van der Waals surface area contributed by atoms with Crippen molar-refractivity contribution in [1.29, 1.82) is 0 Å². The Kier molecular flexibility index (Phi) is 5.29. The molecule has 0 saturated heterocycles. The van der Waals surface area contributed by atoms with Crippen LogP contribution in [0, 0.1) is 6.92 Å². The second-order valence-electron chi connectivity index (χ2n) is 5.29. The molecular weight excluding hydrogens is 234 g/mol. The maximum atomic E-state index is 5.89. The lowest BCUT2D eigenvalue weighted by Gasteiger charge is -2.20. The molecule has 1 aromatic rings. The molecule has 0 aliphatic heterocycles. The molecule has 0 heterocycles. The van der Waals surface area contributed by atoms with Crippen LogP contribution in [0.5, 0.6) is 5.75 Å². The summed E-state index contributed by atoms with van der Waals surface area (Å²) in [6.45, 7) is 10.2. The summed E-state index contributed by atoms with van der Waals surface area (Å²) < 4.78 is 5.71. The Morgan fingerprint density at radius 1 is 1.29 bits per heavy atom. The summed E-state index contributed by atoms with van der Waals surface area (Å²) in [6.07, 6.45) is 0.999. The zero-order chi connectivity index (χ0) is 12.9. The number of benzene rings is 1. The SMILES string of the molecule is Cc1cc(Cl)ccc1OCCCNC(C)(C)C. The van der Waals surface area contributed by atoms with Gasteiger partial charge in [-0.25, -0.2) is 0 Å². The normalized spacial score (nSPS) is 11.6. The van der Waals surface area contributed by atoms with Crippen LogP contribution in [0.3, 0.4) is 0 Å². The van der Waals surface area contributed by atoms with Crippen molar-refractivity contribution in [2.45, 2.75) is 39.7 Å². The van der Waals surface area contributed by atoms with E-state index in [0.29, 0.717) is 0 Å². The lowest BCUT2D eigenvalue weighted by Crippen LogP contribution is -2.36. The lowest BCUT2D eigenvalue weighted by atomic mass is 10.1. The molecule has 1 aromatic carbocycles. The lowest BCUT2D eigenvalue weighted by molar-refractivity contribution is 0.296. The van der Waals surface area contributed by atoms with E-state index in [9.17, 15) is 0 Å². The average Bonchev–Trinajstić information content (AvgIpc) is 2.18. The summed E-state index contributed by atoms with van der Waals surface area (Å²) in [5.41, 5.74) is 1.26. The fourth-order valence-electron chi connectivity index (χ4n) is 1.49. The van der Waals surface area contributed by atoms with Crippen LogP contribution in [-0.4, -0.2) is 18.7 Å². The van der Waals surface area contributed by atoms with Gasteiger partial charge in [0, 0.05) is 10.6 Å². The third-order valence-corrected chi connectivity index (χ3v) is 2.61. The first kappa shape index (κ1) is 14.3. The van der Waals surface area contributed by atoms with E-state index in [1.54, 1.807) is 0 Å². The summed E-state index contributed by atoms with van der Waals surface area (Å²) in [5, 5.41) is 4.18. The van der Waals surface area contributed by atoms with Crippen LogP contribution in [0.4, 0.5) is 0 Å². The largest absolute Gasteiger partial charge is 0.493 e. The first-order valence-electron chi connectivity index (χ1n) is 6.02. The highest BCUT2D eigenvalue weighted by molar-refractivity contribution is 6.30. The van der Waals surface area contributed by atoms with Gasteiger partial charge >= 0.3 is 0 Å². The van der Waals surface area contributed by atoms with Gasteiger partial charge in [0.15, 0.2) is 0 Å². The molecule has 0 saturated carbocycles. The molecule has 0 aliphatic rings. The molecule has 0 aromatic heterocycles. The fourth-order valence-corrected chi connectivity index (χ4v) is 1.72. The smallest absolute Gasteiger partial charge is 0.122 e. The van der Waals surface area contributed by atoms with Gasteiger partial charge in [-0.2, -0.15) is 0 Å². The van der Waals surface area contributed by atoms with Gasteiger partial charge in [-0.05, 0) is 64.4 Å². The van der Waals surface area contributed by atoms with E-state index in [-0.39, 0.29) is 5.54 Å². The number of nitrogens with one attached hydrogen (secondary N) is 1. The second-order valence-corrected chi connectivity index (χ2v) is 5.73. The van der Waals surface area contributed by atoms with Gasteiger partial charge in [0.2, 0.25) is 0 Å². The molecule has 0 unspecified atom stereocenters. The Labute approximate surface area is 109 Å². The molecule has 3 heteroatoms. The molecule has 0 radical (unpaired) electrons. The van der Waals surface area contributed by atoms with Gasteiger partial charge < -0.3 is 10.1 Å². The molecule has 96 valence electrons.